The molecule has 302 valence electrons. The molecule has 0 unspecified atom stereocenters. The van der Waals surface area contributed by atoms with E-state index in [1.54, 1.807) is 33.9 Å². The van der Waals surface area contributed by atoms with Gasteiger partial charge in [0.05, 0.1) is 25.5 Å². The fraction of sp³-hybridized carbons (Fsp3) is 0.293. The number of nitrogens with two attached hydrogens (primary N) is 2. The molecule has 1 saturated carbocycles. The highest BCUT2D eigenvalue weighted by Crippen LogP contribution is 2.23. The number of fused-ring (bicyclic) bond motifs is 2. The number of hydrogen-bond donors (Lipinski definition) is 5. The summed E-state index contributed by atoms with van der Waals surface area (Å²) in [5.74, 6) is 1.58. The maximum atomic E-state index is 12.4. The lowest BCUT2D eigenvalue weighted by atomic mass is 9.93. The van der Waals surface area contributed by atoms with Gasteiger partial charge in [-0.15, -0.1) is 0 Å². The van der Waals surface area contributed by atoms with Gasteiger partial charge in [0.15, 0.2) is 22.9 Å². The molecule has 0 radical (unpaired) electrons. The van der Waals surface area contributed by atoms with Crippen molar-refractivity contribution in [2.45, 2.75) is 78.7 Å². The van der Waals surface area contributed by atoms with Crippen molar-refractivity contribution in [1.82, 2.24) is 63.9 Å². The van der Waals surface area contributed by atoms with Crippen LogP contribution in [-0.4, -0.2) is 70.5 Å². The van der Waals surface area contributed by atoms with Crippen molar-refractivity contribution < 1.29 is 4.79 Å². The van der Waals surface area contributed by atoms with E-state index >= 15 is 0 Å². The summed E-state index contributed by atoms with van der Waals surface area (Å²) in [6.07, 6.45) is 11.9. The number of nitrogen functional groups attached to an aromatic ring is 2. The maximum Gasteiger partial charge on any atom is 0.328 e. The van der Waals surface area contributed by atoms with E-state index in [-0.39, 0.29) is 35.5 Å². The molecule has 1 fully saturated rings. The molecule has 0 atom stereocenters. The first-order chi connectivity index (χ1) is 28.5. The normalized spacial score (nSPS) is 12.7. The fourth-order valence-electron chi connectivity index (χ4n) is 7.03. The Labute approximate surface area is 337 Å². The van der Waals surface area contributed by atoms with Crippen LogP contribution in [0.1, 0.15) is 55.4 Å². The molecule has 2 aromatic carbocycles. The lowest BCUT2D eigenvalue weighted by Crippen LogP contribution is -2.41. The van der Waals surface area contributed by atoms with Crippen LogP contribution in [0.3, 0.4) is 0 Å². The number of amides is 1. The van der Waals surface area contributed by atoms with Crippen LogP contribution >= 0.6 is 0 Å². The van der Waals surface area contributed by atoms with Gasteiger partial charge >= 0.3 is 11.4 Å². The minimum absolute atomic E-state index is 0.0106. The molecule has 9 rings (SSSR count). The van der Waals surface area contributed by atoms with Gasteiger partial charge in [-0.3, -0.25) is 23.3 Å². The molecule has 1 amide bonds. The summed E-state index contributed by atoms with van der Waals surface area (Å²) < 4.78 is 6.72. The van der Waals surface area contributed by atoms with E-state index in [0.717, 1.165) is 59.2 Å². The number of benzene rings is 2. The summed E-state index contributed by atoms with van der Waals surface area (Å²) in [4.78, 5) is 59.3. The third-order valence-corrected chi connectivity index (χ3v) is 10.3. The van der Waals surface area contributed by atoms with Gasteiger partial charge in [-0.05, 0) is 61.8 Å². The molecule has 1 aliphatic carbocycles. The maximum absolute atomic E-state index is 12.4. The first-order valence-corrected chi connectivity index (χ1v) is 19.5. The number of nitrogens with zero attached hydrogens (tertiary/aromatic N) is 10. The summed E-state index contributed by atoms with van der Waals surface area (Å²) in [7, 11) is 0. The lowest BCUT2D eigenvalue weighted by Gasteiger charge is -2.26. The van der Waals surface area contributed by atoms with E-state index in [0.29, 0.717) is 53.1 Å². The molecular weight excluding hydrogens is 751 g/mol. The standard InChI is InChI=1S/C22H24N8O2.C19H21N7O/c1-13-25-20(23)19-21(26-13)30(22(32)28-19)10-14-5-7-15(8-6-14)16-9-24-29(11-16)12-18(31)27-17-3-2-4-17;1-3-8-25-11-15(9-21-25)14-6-4-13(5-7-14)10-26-18-16(24-19(26)27)17(20)22-12(2)23-18/h5-9,11,17H,2-4,10,12H2,1H3,(H,27,31)(H,28,32)(H2,23,25,26);4-7,9,11H,3,8,10H2,1-2H3,(H,24,27)(H2,20,22,23). The predicted octanol–water partition coefficient (Wildman–Crippen LogP) is 3.92. The summed E-state index contributed by atoms with van der Waals surface area (Å²) >= 11 is 0. The SMILES string of the molecule is CCCn1cc(-c2ccc(Cn3c(=O)[nH]c4c(N)nc(C)nc43)cc2)cn1.Cc1nc(N)c2[nH]c(=O)n(Cc3ccc(-c4cnn(CC(=O)NC5CCC5)c4)cc3)c2n1. The summed E-state index contributed by atoms with van der Waals surface area (Å²) in [5, 5.41) is 11.7. The van der Waals surface area contributed by atoms with E-state index < -0.39 is 0 Å². The van der Waals surface area contributed by atoms with Crippen LogP contribution in [0.25, 0.3) is 44.6 Å². The molecule has 0 saturated heterocycles. The van der Waals surface area contributed by atoms with Gasteiger partial charge in [0.1, 0.15) is 29.2 Å². The van der Waals surface area contributed by atoms with E-state index in [2.05, 4.69) is 52.3 Å². The second-order valence-electron chi connectivity index (χ2n) is 14.7. The van der Waals surface area contributed by atoms with Crippen molar-refractivity contribution in [3.05, 3.63) is 117 Å². The van der Waals surface area contributed by atoms with Crippen LogP contribution < -0.4 is 28.2 Å². The van der Waals surface area contributed by atoms with Crippen LogP contribution in [0.4, 0.5) is 11.6 Å². The molecule has 1 aliphatic rings. The number of aryl methyl sites for hydroxylation is 3. The van der Waals surface area contributed by atoms with Crippen LogP contribution in [0.5, 0.6) is 0 Å². The van der Waals surface area contributed by atoms with E-state index in [1.807, 2.05) is 71.8 Å². The molecule has 18 heteroatoms. The largest absolute Gasteiger partial charge is 0.382 e. The van der Waals surface area contributed by atoms with Crippen molar-refractivity contribution in [3.63, 3.8) is 0 Å². The zero-order valence-electron chi connectivity index (χ0n) is 33.0. The first kappa shape index (κ1) is 38.5. The number of aromatic amines is 2. The van der Waals surface area contributed by atoms with E-state index in [1.165, 1.54) is 6.42 Å². The van der Waals surface area contributed by atoms with Crippen molar-refractivity contribution in [1.29, 1.82) is 0 Å². The average molecular weight is 796 g/mol. The number of imidazole rings is 2. The van der Waals surface area contributed by atoms with Crippen LogP contribution in [-0.2, 0) is 31.0 Å². The number of anilines is 2. The molecule has 18 nitrogen and oxygen atoms in total. The smallest absolute Gasteiger partial charge is 0.328 e. The highest BCUT2D eigenvalue weighted by Gasteiger charge is 2.20. The van der Waals surface area contributed by atoms with Gasteiger partial charge in [-0.2, -0.15) is 10.2 Å². The monoisotopic (exact) mass is 795 g/mol. The Morgan fingerprint density at radius 1 is 0.712 bits per heavy atom. The Morgan fingerprint density at radius 3 is 1.64 bits per heavy atom. The summed E-state index contributed by atoms with van der Waals surface area (Å²) in [6.45, 7) is 7.51. The summed E-state index contributed by atoms with van der Waals surface area (Å²) in [5.41, 5.74) is 19.2. The lowest BCUT2D eigenvalue weighted by molar-refractivity contribution is -0.123. The van der Waals surface area contributed by atoms with Crippen molar-refractivity contribution >= 4 is 39.9 Å². The fourth-order valence-corrected chi connectivity index (χ4v) is 7.03. The van der Waals surface area contributed by atoms with Gasteiger partial charge in [0, 0.05) is 36.1 Å². The van der Waals surface area contributed by atoms with Gasteiger partial charge in [-0.1, -0.05) is 55.5 Å². The second kappa shape index (κ2) is 16.2. The van der Waals surface area contributed by atoms with Crippen molar-refractivity contribution in [3.8, 4) is 22.3 Å². The van der Waals surface area contributed by atoms with Crippen molar-refractivity contribution in [2.75, 3.05) is 11.5 Å². The Morgan fingerprint density at radius 2 is 1.19 bits per heavy atom. The van der Waals surface area contributed by atoms with Crippen LogP contribution in [0, 0.1) is 13.8 Å². The van der Waals surface area contributed by atoms with E-state index in [9.17, 15) is 14.4 Å². The Balaban J connectivity index is 0.000000167. The Kier molecular flexibility index (Phi) is 10.6. The van der Waals surface area contributed by atoms with Gasteiger partial charge in [0.2, 0.25) is 5.91 Å². The number of aromatic nitrogens is 12. The number of carbonyl (C=O) groups excluding carboxylic acids is 1. The number of rotatable bonds is 11. The zero-order chi connectivity index (χ0) is 41.2. The molecule has 0 spiro atoms. The van der Waals surface area contributed by atoms with Crippen LogP contribution in [0.2, 0.25) is 0 Å². The van der Waals surface area contributed by atoms with Crippen molar-refractivity contribution in [2.24, 2.45) is 0 Å². The first-order valence-electron chi connectivity index (χ1n) is 19.5. The highest BCUT2D eigenvalue weighted by molar-refractivity contribution is 5.82. The molecule has 8 aromatic rings. The quantitative estimate of drug-likeness (QED) is 0.126. The molecule has 0 aliphatic heterocycles. The molecule has 6 aromatic heterocycles. The molecule has 7 N–H and O–H groups in total. The number of H-pyrrole nitrogens is 2. The summed E-state index contributed by atoms with van der Waals surface area (Å²) in [6, 6.07) is 16.3. The van der Waals surface area contributed by atoms with E-state index in [4.69, 9.17) is 11.5 Å². The van der Waals surface area contributed by atoms with Crippen LogP contribution in [0.15, 0.2) is 82.9 Å². The highest BCUT2D eigenvalue weighted by atomic mass is 16.2. The van der Waals surface area contributed by atoms with Gasteiger partial charge in [0.25, 0.3) is 0 Å². The average Bonchev–Trinajstić information content (AvgIpc) is 3.99. The van der Waals surface area contributed by atoms with Gasteiger partial charge < -0.3 is 26.8 Å². The third-order valence-electron chi connectivity index (χ3n) is 10.3. The third kappa shape index (κ3) is 8.37. The zero-order valence-corrected chi connectivity index (χ0v) is 33.0. The Bertz CT molecular complexity index is 2890. The molecular formula is C41H45N15O3. The minimum atomic E-state index is -0.280. The minimum Gasteiger partial charge on any atom is -0.382 e. The molecule has 6 heterocycles. The number of hydrogen-bond acceptors (Lipinski definition) is 11. The number of carbonyl (C=O) groups is 1. The second-order valence-corrected chi connectivity index (χ2v) is 14.7. The molecule has 0 bridgehead atoms. The predicted molar refractivity (Wildman–Crippen MR) is 224 cm³/mol. The number of nitrogens with one attached hydrogen (secondary N) is 3. The Hall–Kier alpha value is -7.37. The molecule has 59 heavy (non-hydrogen) atoms. The van der Waals surface area contributed by atoms with Gasteiger partial charge in [-0.25, -0.2) is 29.5 Å². The topological polar surface area (TPSA) is 244 Å².